The van der Waals surface area contributed by atoms with E-state index in [0.29, 0.717) is 35.8 Å². The van der Waals surface area contributed by atoms with Gasteiger partial charge in [0.2, 0.25) is 5.91 Å². The molecule has 162 valence electrons. The molecule has 1 atom stereocenters. The molecule has 31 heavy (non-hydrogen) atoms. The number of para-hydroxylation sites is 2. The van der Waals surface area contributed by atoms with E-state index in [0.717, 1.165) is 11.1 Å². The fourth-order valence-corrected chi connectivity index (χ4v) is 3.24. The molecule has 0 radical (unpaired) electrons. The molecule has 0 aliphatic rings. The molecule has 2 aromatic carbocycles. The summed E-state index contributed by atoms with van der Waals surface area (Å²) in [5.74, 6) is -0.377. The molecule has 2 aromatic heterocycles. The van der Waals surface area contributed by atoms with Gasteiger partial charge in [0.1, 0.15) is 11.0 Å². The lowest BCUT2D eigenvalue weighted by Gasteiger charge is -2.21. The second-order valence-electron chi connectivity index (χ2n) is 7.18. The summed E-state index contributed by atoms with van der Waals surface area (Å²) >= 11 is 0. The molecule has 0 aliphatic carbocycles. The molecule has 4 aromatic rings. The number of oxazole rings is 2. The maximum atomic E-state index is 12.7. The Labute approximate surface area is 178 Å². The van der Waals surface area contributed by atoms with Gasteiger partial charge in [-0.05, 0) is 36.8 Å². The fraction of sp³-hybridized carbons (Fsp3) is 0.318. The lowest BCUT2D eigenvalue weighted by Crippen LogP contribution is -2.33. The van der Waals surface area contributed by atoms with E-state index in [4.69, 9.17) is 18.7 Å². The van der Waals surface area contributed by atoms with Crippen molar-refractivity contribution in [2.75, 3.05) is 38.7 Å². The Balaban J connectivity index is 1.45. The number of hydrogen-bond donors (Lipinski definition) is 2. The summed E-state index contributed by atoms with van der Waals surface area (Å²) in [5.41, 5.74) is 3.46. The average molecular weight is 424 g/mol. The van der Waals surface area contributed by atoms with Gasteiger partial charge >= 0.3 is 12.0 Å². The van der Waals surface area contributed by atoms with Gasteiger partial charge in [-0.1, -0.05) is 18.2 Å². The fourth-order valence-electron chi connectivity index (χ4n) is 3.24. The molecule has 0 fully saturated rings. The van der Waals surface area contributed by atoms with E-state index in [9.17, 15) is 4.79 Å². The van der Waals surface area contributed by atoms with Gasteiger partial charge in [-0.2, -0.15) is 9.97 Å². The van der Waals surface area contributed by atoms with E-state index in [1.807, 2.05) is 43.3 Å². The molecule has 4 rings (SSSR count). The molecule has 0 aliphatic heterocycles. The molecule has 2 N–H and O–H groups in total. The predicted molar refractivity (Wildman–Crippen MR) is 115 cm³/mol. The summed E-state index contributed by atoms with van der Waals surface area (Å²) < 4.78 is 16.6. The molecular weight excluding hydrogens is 400 g/mol. The first-order valence-electron chi connectivity index (χ1n) is 10.0. The first-order chi connectivity index (χ1) is 15.0. The summed E-state index contributed by atoms with van der Waals surface area (Å²) in [4.78, 5) is 23.1. The quantitative estimate of drug-likeness (QED) is 0.394. The smallest absolute Gasteiger partial charge is 0.303 e. The lowest BCUT2D eigenvalue weighted by molar-refractivity contribution is -0.131. The van der Waals surface area contributed by atoms with E-state index >= 15 is 0 Å². The van der Waals surface area contributed by atoms with Crippen LogP contribution >= 0.6 is 0 Å². The van der Waals surface area contributed by atoms with E-state index < -0.39 is 0 Å². The average Bonchev–Trinajstić information content (AvgIpc) is 3.37. The summed E-state index contributed by atoms with van der Waals surface area (Å²) in [5, 5.41) is 11.7. The highest BCUT2D eigenvalue weighted by atomic mass is 16.5. The van der Waals surface area contributed by atoms with Crippen LogP contribution in [0.5, 0.6) is 0 Å². The SMILES string of the molecule is C[C@H](C(=O)N(C)CCOCCO)c1ccc2oc(Nc3nc4ccccc4o3)nc2c1. The molecule has 1 amide bonds. The highest BCUT2D eigenvalue weighted by Gasteiger charge is 2.20. The number of fused-ring (bicyclic) bond motifs is 2. The van der Waals surface area contributed by atoms with Crippen LogP contribution in [0.25, 0.3) is 22.2 Å². The summed E-state index contributed by atoms with van der Waals surface area (Å²) in [7, 11) is 1.73. The Kier molecular flexibility index (Phi) is 6.15. The number of anilines is 2. The molecule has 9 nitrogen and oxygen atoms in total. The second kappa shape index (κ2) is 9.15. The highest BCUT2D eigenvalue weighted by molar-refractivity contribution is 5.85. The maximum absolute atomic E-state index is 12.7. The zero-order chi connectivity index (χ0) is 21.8. The van der Waals surface area contributed by atoms with Crippen molar-refractivity contribution in [1.29, 1.82) is 0 Å². The van der Waals surface area contributed by atoms with Crippen LogP contribution in [0.1, 0.15) is 18.4 Å². The Hall–Kier alpha value is -3.43. The van der Waals surface area contributed by atoms with Crippen LogP contribution in [0.4, 0.5) is 12.0 Å². The first-order valence-corrected chi connectivity index (χ1v) is 10.0. The van der Waals surface area contributed by atoms with Gasteiger partial charge in [0.25, 0.3) is 0 Å². The number of nitrogens with one attached hydrogen (secondary N) is 1. The lowest BCUT2D eigenvalue weighted by atomic mass is 9.99. The number of ether oxygens (including phenoxy) is 1. The van der Waals surface area contributed by atoms with Gasteiger partial charge in [-0.3, -0.25) is 10.1 Å². The van der Waals surface area contributed by atoms with Gasteiger partial charge in [0.05, 0.1) is 25.7 Å². The number of amides is 1. The Morgan fingerprint density at radius 2 is 1.81 bits per heavy atom. The number of likely N-dealkylation sites (N-methyl/N-ethyl adjacent to an activating group) is 1. The van der Waals surface area contributed by atoms with Crippen molar-refractivity contribution in [3.63, 3.8) is 0 Å². The number of aromatic nitrogens is 2. The molecule has 0 spiro atoms. The number of aliphatic hydroxyl groups is 1. The normalized spacial score (nSPS) is 12.4. The molecule has 0 unspecified atom stereocenters. The van der Waals surface area contributed by atoms with Gasteiger partial charge in [0.15, 0.2) is 11.2 Å². The molecule has 0 bridgehead atoms. The van der Waals surface area contributed by atoms with Crippen LogP contribution in [-0.2, 0) is 9.53 Å². The number of aliphatic hydroxyl groups excluding tert-OH is 1. The standard InChI is InChI=1S/C22H24N4O5/c1-14(20(28)26(2)9-11-29-12-10-27)15-7-8-19-17(13-15)24-22(31-19)25-21-23-16-5-3-4-6-18(16)30-21/h3-8,13-14,27H,9-12H2,1-2H3,(H,23,24,25)/t14-/m0/s1. The van der Waals surface area contributed by atoms with Crippen molar-refractivity contribution in [3.05, 3.63) is 48.0 Å². The Morgan fingerprint density at radius 1 is 1.10 bits per heavy atom. The van der Waals surface area contributed by atoms with Crippen molar-refractivity contribution >= 4 is 40.1 Å². The van der Waals surface area contributed by atoms with Gasteiger partial charge in [-0.15, -0.1) is 0 Å². The second-order valence-corrected chi connectivity index (χ2v) is 7.18. The third-order valence-electron chi connectivity index (χ3n) is 4.97. The minimum Gasteiger partial charge on any atom is -0.423 e. The summed E-state index contributed by atoms with van der Waals surface area (Å²) in [6, 6.07) is 13.5. The van der Waals surface area contributed by atoms with Crippen molar-refractivity contribution in [3.8, 4) is 0 Å². The summed E-state index contributed by atoms with van der Waals surface area (Å²) in [6.45, 7) is 2.91. The number of benzene rings is 2. The van der Waals surface area contributed by atoms with Crippen LogP contribution in [0.15, 0.2) is 51.3 Å². The van der Waals surface area contributed by atoms with Gasteiger partial charge in [0, 0.05) is 13.6 Å². The Bertz CT molecular complexity index is 1150. The molecular formula is C22H24N4O5. The largest absolute Gasteiger partial charge is 0.423 e. The summed E-state index contributed by atoms with van der Waals surface area (Å²) in [6.07, 6.45) is 0. The highest BCUT2D eigenvalue weighted by Crippen LogP contribution is 2.27. The number of rotatable bonds is 9. The van der Waals surface area contributed by atoms with Crippen LogP contribution in [0.3, 0.4) is 0 Å². The Morgan fingerprint density at radius 3 is 2.55 bits per heavy atom. The predicted octanol–water partition coefficient (Wildman–Crippen LogP) is 3.28. The number of nitrogens with zero attached hydrogens (tertiary/aromatic N) is 3. The monoisotopic (exact) mass is 424 g/mol. The molecule has 2 heterocycles. The van der Waals surface area contributed by atoms with E-state index in [-0.39, 0.29) is 31.1 Å². The van der Waals surface area contributed by atoms with E-state index in [2.05, 4.69) is 15.3 Å². The van der Waals surface area contributed by atoms with Crippen molar-refractivity contribution in [1.82, 2.24) is 14.9 Å². The minimum atomic E-state index is -0.350. The number of carbonyl (C=O) groups is 1. The van der Waals surface area contributed by atoms with E-state index in [1.165, 1.54) is 0 Å². The zero-order valence-electron chi connectivity index (χ0n) is 17.4. The van der Waals surface area contributed by atoms with Gasteiger partial charge in [-0.25, -0.2) is 0 Å². The number of carbonyl (C=O) groups excluding carboxylic acids is 1. The topological polar surface area (TPSA) is 114 Å². The van der Waals surface area contributed by atoms with Crippen LogP contribution < -0.4 is 5.32 Å². The van der Waals surface area contributed by atoms with Crippen LogP contribution in [0.2, 0.25) is 0 Å². The van der Waals surface area contributed by atoms with Crippen molar-refractivity contribution in [2.24, 2.45) is 0 Å². The van der Waals surface area contributed by atoms with Crippen molar-refractivity contribution in [2.45, 2.75) is 12.8 Å². The zero-order valence-corrected chi connectivity index (χ0v) is 17.4. The third kappa shape index (κ3) is 4.68. The first kappa shape index (κ1) is 20.8. The minimum absolute atomic E-state index is 0.0275. The molecule has 0 saturated carbocycles. The third-order valence-corrected chi connectivity index (χ3v) is 4.97. The van der Waals surface area contributed by atoms with Gasteiger partial charge < -0.3 is 23.6 Å². The van der Waals surface area contributed by atoms with E-state index in [1.54, 1.807) is 18.0 Å². The molecule has 9 heteroatoms. The van der Waals surface area contributed by atoms with Crippen LogP contribution in [-0.4, -0.2) is 59.3 Å². The van der Waals surface area contributed by atoms with Crippen LogP contribution in [0, 0.1) is 0 Å². The van der Waals surface area contributed by atoms with Crippen molar-refractivity contribution < 1.29 is 23.5 Å². The molecule has 0 saturated heterocycles. The number of hydrogen-bond acceptors (Lipinski definition) is 8. The maximum Gasteiger partial charge on any atom is 0.303 e.